The van der Waals surface area contributed by atoms with E-state index in [0.29, 0.717) is 29.3 Å². The molecule has 0 aliphatic carbocycles. The molecule has 2 aromatic carbocycles. The van der Waals surface area contributed by atoms with Gasteiger partial charge in [-0.3, -0.25) is 5.41 Å². The number of allylic oxidation sites excluding steroid dienone is 1. The van der Waals surface area contributed by atoms with Gasteiger partial charge in [0.2, 0.25) is 0 Å². The highest BCUT2D eigenvalue weighted by molar-refractivity contribution is 6.14. The quantitative estimate of drug-likeness (QED) is 0.351. The lowest BCUT2D eigenvalue weighted by Gasteiger charge is -2.28. The van der Waals surface area contributed by atoms with Gasteiger partial charge < -0.3 is 20.2 Å². The van der Waals surface area contributed by atoms with Crippen molar-refractivity contribution in [2.75, 3.05) is 11.1 Å². The number of nitrogens with zero attached hydrogens (tertiary/aromatic N) is 2. The number of anilines is 2. The van der Waals surface area contributed by atoms with Crippen LogP contribution in [0, 0.1) is 11.2 Å². The van der Waals surface area contributed by atoms with E-state index in [0.717, 1.165) is 22.4 Å². The number of nitrogen functional groups attached to an aromatic ring is 1. The molecule has 8 heteroatoms. The normalized spacial score (nSPS) is 13.7. The predicted molar refractivity (Wildman–Crippen MR) is 128 cm³/mol. The smallest absolute Gasteiger partial charge is 0.152 e. The van der Waals surface area contributed by atoms with Gasteiger partial charge in [0.15, 0.2) is 5.76 Å². The molecule has 1 aliphatic heterocycles. The van der Waals surface area contributed by atoms with Gasteiger partial charge in [0.1, 0.15) is 41.0 Å². The molecular weight excluding hydrogens is 433 g/mol. The maximum Gasteiger partial charge on any atom is 0.152 e. The van der Waals surface area contributed by atoms with Crippen molar-refractivity contribution in [2.24, 2.45) is 0 Å². The highest BCUT2D eigenvalue weighted by atomic mass is 19.1. The highest BCUT2D eigenvalue weighted by Gasteiger charge is 2.27. The minimum atomic E-state index is -0.385. The molecule has 0 bridgehead atoms. The third-order valence-electron chi connectivity index (χ3n) is 5.67. The molecule has 0 amide bonds. The first kappa shape index (κ1) is 21.4. The number of furan rings is 1. The maximum atomic E-state index is 14.1. The number of nitrogens with two attached hydrogens (primary N) is 1. The fourth-order valence-electron chi connectivity index (χ4n) is 4.05. The third kappa shape index (κ3) is 4.01. The summed E-state index contributed by atoms with van der Waals surface area (Å²) in [5.41, 5.74) is 9.13. The van der Waals surface area contributed by atoms with Crippen LogP contribution in [0.3, 0.4) is 0 Å². The van der Waals surface area contributed by atoms with Crippen molar-refractivity contribution in [3.8, 4) is 5.75 Å². The van der Waals surface area contributed by atoms with Crippen LogP contribution in [0.15, 0.2) is 83.4 Å². The topological polar surface area (TPSA) is 110 Å². The Kier molecular flexibility index (Phi) is 5.55. The van der Waals surface area contributed by atoms with Crippen LogP contribution in [0.25, 0.3) is 5.57 Å². The summed E-state index contributed by atoms with van der Waals surface area (Å²) in [6.45, 7) is 1.92. The summed E-state index contributed by atoms with van der Waals surface area (Å²) in [5.74, 6) is 1.94. The van der Waals surface area contributed by atoms with Crippen molar-refractivity contribution in [3.05, 3.63) is 107 Å². The molecule has 0 spiro atoms. The van der Waals surface area contributed by atoms with Gasteiger partial charge in [-0.15, -0.1) is 0 Å². The lowest BCUT2D eigenvalue weighted by Crippen LogP contribution is -2.27. The highest BCUT2D eigenvalue weighted by Crippen LogP contribution is 2.37. The van der Waals surface area contributed by atoms with Gasteiger partial charge >= 0.3 is 0 Å². The SMILES string of the molecule is CC(Nc1ncnc(N)c1C(=N)c1ccco1)C1=C(c2cccc(F)c2)Cc2ccccc2O1. The molecule has 2 aromatic heterocycles. The molecule has 1 atom stereocenters. The average molecular weight is 455 g/mol. The van der Waals surface area contributed by atoms with Crippen LogP contribution in [0.5, 0.6) is 5.75 Å². The molecular formula is C26H22FN5O2. The Balaban J connectivity index is 1.55. The Morgan fingerprint density at radius 2 is 1.97 bits per heavy atom. The van der Waals surface area contributed by atoms with Crippen molar-refractivity contribution in [1.29, 1.82) is 5.41 Å². The van der Waals surface area contributed by atoms with Crippen LogP contribution in [0.4, 0.5) is 16.0 Å². The van der Waals surface area contributed by atoms with E-state index in [-0.39, 0.29) is 23.4 Å². The fraction of sp³-hybridized carbons (Fsp3) is 0.115. The van der Waals surface area contributed by atoms with Crippen molar-refractivity contribution in [2.45, 2.75) is 19.4 Å². The van der Waals surface area contributed by atoms with Crippen LogP contribution < -0.4 is 15.8 Å². The van der Waals surface area contributed by atoms with E-state index in [9.17, 15) is 4.39 Å². The number of aromatic nitrogens is 2. The zero-order chi connectivity index (χ0) is 23.7. The Morgan fingerprint density at radius 3 is 2.76 bits per heavy atom. The number of rotatable bonds is 6. The van der Waals surface area contributed by atoms with Crippen molar-refractivity contribution in [1.82, 2.24) is 9.97 Å². The summed E-state index contributed by atoms with van der Waals surface area (Å²) >= 11 is 0. The summed E-state index contributed by atoms with van der Waals surface area (Å²) < 4.78 is 25.8. The first-order valence-electron chi connectivity index (χ1n) is 10.8. The number of para-hydroxylation sites is 1. The van der Waals surface area contributed by atoms with E-state index < -0.39 is 0 Å². The molecule has 0 fully saturated rings. The summed E-state index contributed by atoms with van der Waals surface area (Å²) in [7, 11) is 0. The van der Waals surface area contributed by atoms with Crippen LogP contribution in [-0.2, 0) is 6.42 Å². The molecule has 1 aliphatic rings. The Bertz CT molecular complexity index is 1400. The molecule has 4 aromatic rings. The number of ether oxygens (including phenoxy) is 1. The molecule has 0 saturated heterocycles. The Hall–Kier alpha value is -4.46. The summed E-state index contributed by atoms with van der Waals surface area (Å²) in [6.07, 6.45) is 3.41. The van der Waals surface area contributed by atoms with Crippen LogP contribution in [-0.4, -0.2) is 21.7 Å². The van der Waals surface area contributed by atoms with Crippen molar-refractivity contribution in [3.63, 3.8) is 0 Å². The van der Waals surface area contributed by atoms with E-state index in [1.807, 2.05) is 37.3 Å². The summed E-state index contributed by atoms with van der Waals surface area (Å²) in [6, 6.07) is 17.2. The minimum absolute atomic E-state index is 0.0621. The number of benzene rings is 2. The second-order valence-electron chi connectivity index (χ2n) is 7.94. The molecule has 1 unspecified atom stereocenters. The lowest BCUT2D eigenvalue weighted by molar-refractivity contribution is 0.387. The first-order valence-corrected chi connectivity index (χ1v) is 10.8. The van der Waals surface area contributed by atoms with E-state index >= 15 is 0 Å². The van der Waals surface area contributed by atoms with Gasteiger partial charge in [-0.05, 0) is 48.4 Å². The minimum Gasteiger partial charge on any atom is -0.463 e. The zero-order valence-electron chi connectivity index (χ0n) is 18.4. The van der Waals surface area contributed by atoms with Crippen molar-refractivity contribution >= 4 is 22.9 Å². The zero-order valence-corrected chi connectivity index (χ0v) is 18.4. The van der Waals surface area contributed by atoms with E-state index in [4.69, 9.17) is 20.3 Å². The van der Waals surface area contributed by atoms with Gasteiger partial charge in [0, 0.05) is 12.0 Å². The Labute approximate surface area is 195 Å². The number of hydrogen-bond acceptors (Lipinski definition) is 7. The summed E-state index contributed by atoms with van der Waals surface area (Å²) in [4.78, 5) is 8.39. The van der Waals surface area contributed by atoms with Crippen LogP contribution >= 0.6 is 0 Å². The van der Waals surface area contributed by atoms with E-state index in [2.05, 4.69) is 15.3 Å². The second kappa shape index (κ2) is 8.82. The van der Waals surface area contributed by atoms with Gasteiger partial charge in [-0.1, -0.05) is 30.3 Å². The molecule has 3 heterocycles. The number of hydrogen-bond donors (Lipinski definition) is 3. The maximum absolute atomic E-state index is 14.1. The van der Waals surface area contributed by atoms with E-state index in [1.54, 1.807) is 18.2 Å². The van der Waals surface area contributed by atoms with Gasteiger partial charge in [0.05, 0.1) is 17.9 Å². The number of nitrogens with one attached hydrogen (secondary N) is 2. The molecule has 0 radical (unpaired) electrons. The van der Waals surface area contributed by atoms with Gasteiger partial charge in [-0.25, -0.2) is 14.4 Å². The van der Waals surface area contributed by atoms with Crippen LogP contribution in [0.1, 0.15) is 29.4 Å². The number of halogens is 1. The average Bonchev–Trinajstić information content (AvgIpc) is 3.38. The molecule has 0 saturated carbocycles. The molecule has 5 rings (SSSR count). The molecule has 34 heavy (non-hydrogen) atoms. The monoisotopic (exact) mass is 455 g/mol. The summed E-state index contributed by atoms with van der Waals surface area (Å²) in [5, 5.41) is 11.9. The predicted octanol–water partition coefficient (Wildman–Crippen LogP) is 5.05. The molecule has 4 N–H and O–H groups in total. The largest absolute Gasteiger partial charge is 0.463 e. The molecule has 170 valence electrons. The fourth-order valence-corrected chi connectivity index (χ4v) is 4.05. The molecule has 7 nitrogen and oxygen atoms in total. The van der Waals surface area contributed by atoms with Gasteiger partial charge in [-0.2, -0.15) is 0 Å². The second-order valence-corrected chi connectivity index (χ2v) is 7.94. The standard InChI is InChI=1S/C26H22FN5O2/c1-15(32-26-22(25(29)30-14-31-26)23(28)21-10-5-11-33-21)24-19(16-7-4-8-18(27)12-16)13-17-6-2-3-9-20(17)34-24/h2-12,14-15,28H,13H2,1H3,(H3,29,30,31,32). The first-order chi connectivity index (χ1) is 16.5. The van der Waals surface area contributed by atoms with Gasteiger partial charge in [0.25, 0.3) is 0 Å². The van der Waals surface area contributed by atoms with E-state index in [1.165, 1.54) is 24.7 Å². The third-order valence-corrected chi connectivity index (χ3v) is 5.67. The Morgan fingerprint density at radius 1 is 1.12 bits per heavy atom. The lowest BCUT2D eigenvalue weighted by atomic mass is 9.92. The van der Waals surface area contributed by atoms with Crippen LogP contribution in [0.2, 0.25) is 0 Å². The van der Waals surface area contributed by atoms with Crippen molar-refractivity contribution < 1.29 is 13.5 Å². The number of fused-ring (bicyclic) bond motifs is 1.